The summed E-state index contributed by atoms with van der Waals surface area (Å²) in [5.74, 6) is -0.976. The Hall–Kier alpha value is -3.64. The van der Waals surface area contributed by atoms with Crippen LogP contribution in [0, 0.1) is 0 Å². The first-order valence-corrected chi connectivity index (χ1v) is 10.5. The van der Waals surface area contributed by atoms with Crippen LogP contribution in [0.2, 0.25) is 0 Å². The van der Waals surface area contributed by atoms with E-state index < -0.39 is 23.8 Å². The molecule has 32 heavy (non-hydrogen) atoms. The predicted molar refractivity (Wildman–Crippen MR) is 126 cm³/mol. The zero-order valence-corrected chi connectivity index (χ0v) is 18.1. The molecule has 3 rings (SSSR count). The molecule has 0 saturated carbocycles. The molecule has 0 spiro atoms. The number of hydrogen-bond donors (Lipinski definition) is 3. The number of amides is 1. The highest BCUT2D eigenvalue weighted by Gasteiger charge is 2.31. The van der Waals surface area contributed by atoms with Crippen LogP contribution >= 0.6 is 0 Å². The van der Waals surface area contributed by atoms with Crippen molar-refractivity contribution >= 4 is 17.6 Å². The number of nitrogens with one attached hydrogen (secondary N) is 1. The standard InChI is InChI=1S/C26H28N2O4/c1-26(27,18-24(29)30)25(31)28-22-13-15-23(16-14-22)32-17-5-6-19-9-11-21(12-10-19)20-7-3-2-4-8-20/h2-4,7-16H,5-6,17-18,27H2,1H3,(H,28,31)(H,29,30)/t26-/m0/s1. The predicted octanol–water partition coefficient (Wildman–Crippen LogP) is 4.50. The number of hydrogen-bond acceptors (Lipinski definition) is 4. The van der Waals surface area contributed by atoms with Gasteiger partial charge in [0.05, 0.1) is 13.0 Å². The van der Waals surface area contributed by atoms with E-state index in [0.717, 1.165) is 12.8 Å². The third-order valence-electron chi connectivity index (χ3n) is 5.09. The smallest absolute Gasteiger partial charge is 0.305 e. The summed E-state index contributed by atoms with van der Waals surface area (Å²) in [6.07, 6.45) is 1.35. The topological polar surface area (TPSA) is 102 Å². The molecule has 0 aliphatic heterocycles. The van der Waals surface area contributed by atoms with E-state index in [2.05, 4.69) is 41.7 Å². The van der Waals surface area contributed by atoms with E-state index in [1.54, 1.807) is 24.3 Å². The molecule has 166 valence electrons. The lowest BCUT2D eigenvalue weighted by atomic mass is 9.98. The van der Waals surface area contributed by atoms with Crippen LogP contribution in [0.1, 0.15) is 25.3 Å². The quantitative estimate of drug-likeness (QED) is 0.410. The Balaban J connectivity index is 1.43. The van der Waals surface area contributed by atoms with Gasteiger partial charge in [-0.3, -0.25) is 9.59 Å². The Labute approximate surface area is 188 Å². The Bertz CT molecular complexity index is 1030. The Kier molecular flexibility index (Phi) is 7.63. The highest BCUT2D eigenvalue weighted by atomic mass is 16.5. The number of aryl methyl sites for hydroxylation is 1. The Morgan fingerprint density at radius 1 is 0.938 bits per heavy atom. The molecular weight excluding hydrogens is 404 g/mol. The lowest BCUT2D eigenvalue weighted by Crippen LogP contribution is -2.49. The molecule has 3 aromatic carbocycles. The summed E-state index contributed by atoms with van der Waals surface area (Å²) in [6.45, 7) is 1.97. The number of carboxylic acids is 1. The Morgan fingerprint density at radius 3 is 2.19 bits per heavy atom. The van der Waals surface area contributed by atoms with Crippen molar-refractivity contribution < 1.29 is 19.4 Å². The van der Waals surface area contributed by atoms with Gasteiger partial charge in [-0.1, -0.05) is 54.6 Å². The zero-order valence-electron chi connectivity index (χ0n) is 18.1. The van der Waals surface area contributed by atoms with Gasteiger partial charge in [0.2, 0.25) is 5.91 Å². The number of carboxylic acid groups (broad SMARTS) is 1. The van der Waals surface area contributed by atoms with E-state index in [1.807, 2.05) is 18.2 Å². The van der Waals surface area contributed by atoms with E-state index in [1.165, 1.54) is 23.6 Å². The van der Waals surface area contributed by atoms with Crippen LogP contribution in [0.25, 0.3) is 11.1 Å². The highest BCUT2D eigenvalue weighted by molar-refractivity contribution is 5.99. The van der Waals surface area contributed by atoms with E-state index in [4.69, 9.17) is 15.6 Å². The fourth-order valence-corrected chi connectivity index (χ4v) is 3.26. The first-order valence-electron chi connectivity index (χ1n) is 10.5. The fraction of sp³-hybridized carbons (Fsp3) is 0.231. The van der Waals surface area contributed by atoms with E-state index in [0.29, 0.717) is 18.0 Å². The average Bonchev–Trinajstić information content (AvgIpc) is 2.78. The number of nitrogens with two attached hydrogens (primary N) is 1. The minimum atomic E-state index is -1.49. The van der Waals surface area contributed by atoms with Gasteiger partial charge in [0, 0.05) is 5.69 Å². The van der Waals surface area contributed by atoms with Crippen LogP contribution < -0.4 is 15.8 Å². The molecule has 6 nitrogen and oxygen atoms in total. The van der Waals surface area contributed by atoms with Crippen LogP contribution in [0.4, 0.5) is 5.69 Å². The van der Waals surface area contributed by atoms with Crippen LogP contribution in [0.3, 0.4) is 0 Å². The summed E-state index contributed by atoms with van der Waals surface area (Å²) in [5.41, 5.74) is 8.51. The molecule has 0 aliphatic carbocycles. The average molecular weight is 433 g/mol. The molecule has 0 saturated heterocycles. The summed E-state index contributed by atoms with van der Waals surface area (Å²) in [4.78, 5) is 23.0. The number of carbonyl (C=O) groups excluding carboxylic acids is 1. The van der Waals surface area contributed by atoms with Crippen molar-refractivity contribution in [2.24, 2.45) is 5.73 Å². The van der Waals surface area contributed by atoms with Crippen LogP contribution in [-0.4, -0.2) is 29.1 Å². The minimum Gasteiger partial charge on any atom is -0.494 e. The molecule has 0 heterocycles. The van der Waals surface area contributed by atoms with Crippen molar-refractivity contribution in [2.45, 2.75) is 31.7 Å². The SMILES string of the molecule is C[C@](N)(CC(=O)O)C(=O)Nc1ccc(OCCCc2ccc(-c3ccccc3)cc2)cc1. The third-order valence-corrected chi connectivity index (χ3v) is 5.09. The van der Waals surface area contributed by atoms with Crippen LogP contribution in [0.5, 0.6) is 5.75 Å². The lowest BCUT2D eigenvalue weighted by Gasteiger charge is -2.21. The van der Waals surface area contributed by atoms with Crippen LogP contribution in [0.15, 0.2) is 78.9 Å². The molecule has 0 aromatic heterocycles. The maximum Gasteiger partial charge on any atom is 0.305 e. The van der Waals surface area contributed by atoms with Gasteiger partial charge >= 0.3 is 5.97 Å². The third kappa shape index (κ3) is 6.68. The van der Waals surface area contributed by atoms with Gasteiger partial charge in [0.1, 0.15) is 11.3 Å². The maximum atomic E-state index is 12.2. The second-order valence-corrected chi connectivity index (χ2v) is 7.98. The minimum absolute atomic E-state index is 0.449. The number of rotatable bonds is 10. The normalized spacial score (nSPS) is 12.6. The molecule has 1 amide bonds. The summed E-state index contributed by atoms with van der Waals surface area (Å²) in [5, 5.41) is 11.5. The summed E-state index contributed by atoms with van der Waals surface area (Å²) >= 11 is 0. The number of ether oxygens (including phenoxy) is 1. The number of anilines is 1. The van der Waals surface area contributed by atoms with Gasteiger partial charge in [0.25, 0.3) is 0 Å². The molecular formula is C26H28N2O4. The first kappa shape index (κ1) is 23.0. The molecule has 0 fully saturated rings. The molecule has 0 unspecified atom stereocenters. The van der Waals surface area contributed by atoms with Crippen LogP contribution in [-0.2, 0) is 16.0 Å². The largest absolute Gasteiger partial charge is 0.494 e. The highest BCUT2D eigenvalue weighted by Crippen LogP contribution is 2.20. The van der Waals surface area contributed by atoms with E-state index >= 15 is 0 Å². The maximum absolute atomic E-state index is 12.2. The van der Waals surface area contributed by atoms with Gasteiger partial charge in [-0.2, -0.15) is 0 Å². The molecule has 0 bridgehead atoms. The number of aliphatic carboxylic acids is 1. The second kappa shape index (κ2) is 10.6. The van der Waals surface area contributed by atoms with E-state index in [9.17, 15) is 9.59 Å². The number of carbonyl (C=O) groups is 2. The van der Waals surface area contributed by atoms with Crippen molar-refractivity contribution in [1.29, 1.82) is 0 Å². The van der Waals surface area contributed by atoms with E-state index in [-0.39, 0.29) is 0 Å². The zero-order chi connectivity index (χ0) is 23.0. The molecule has 0 aliphatic rings. The van der Waals surface area contributed by atoms with Crippen molar-refractivity contribution in [3.05, 3.63) is 84.4 Å². The molecule has 4 N–H and O–H groups in total. The second-order valence-electron chi connectivity index (χ2n) is 7.98. The Morgan fingerprint density at radius 2 is 1.56 bits per heavy atom. The van der Waals surface area contributed by atoms with Crippen molar-refractivity contribution in [3.8, 4) is 16.9 Å². The summed E-state index contributed by atoms with van der Waals surface area (Å²) in [6, 6.07) is 25.8. The van der Waals surface area contributed by atoms with Crippen molar-refractivity contribution in [3.63, 3.8) is 0 Å². The molecule has 1 atom stereocenters. The fourth-order valence-electron chi connectivity index (χ4n) is 3.26. The summed E-state index contributed by atoms with van der Waals surface area (Å²) in [7, 11) is 0. The van der Waals surface area contributed by atoms with Gasteiger partial charge in [-0.25, -0.2) is 0 Å². The van der Waals surface area contributed by atoms with Gasteiger partial charge in [-0.15, -0.1) is 0 Å². The van der Waals surface area contributed by atoms with Gasteiger partial charge in [-0.05, 0) is 60.7 Å². The molecule has 6 heteroatoms. The monoisotopic (exact) mass is 432 g/mol. The molecule has 3 aromatic rings. The summed E-state index contributed by atoms with van der Waals surface area (Å²) < 4.78 is 5.79. The van der Waals surface area contributed by atoms with Gasteiger partial charge in [0.15, 0.2) is 0 Å². The van der Waals surface area contributed by atoms with Gasteiger partial charge < -0.3 is 20.9 Å². The molecule has 0 radical (unpaired) electrons. The first-order chi connectivity index (χ1) is 15.3. The lowest BCUT2D eigenvalue weighted by molar-refractivity contribution is -0.140. The van der Waals surface area contributed by atoms with Crippen molar-refractivity contribution in [1.82, 2.24) is 0 Å². The van der Waals surface area contributed by atoms with Crippen molar-refractivity contribution in [2.75, 3.05) is 11.9 Å². The number of benzene rings is 3.